The molecule has 27 heavy (non-hydrogen) atoms. The summed E-state index contributed by atoms with van der Waals surface area (Å²) in [6.07, 6.45) is 0.562. The van der Waals surface area contributed by atoms with Crippen molar-refractivity contribution in [1.82, 2.24) is 20.2 Å². The van der Waals surface area contributed by atoms with Crippen LogP contribution in [0.15, 0.2) is 44.7 Å². The third-order valence-electron chi connectivity index (χ3n) is 3.68. The fraction of sp³-hybridized carbons (Fsp3) is 0.222. The summed E-state index contributed by atoms with van der Waals surface area (Å²) in [4.78, 5) is 9.12. The molecule has 3 heterocycles. The Morgan fingerprint density at radius 2 is 1.93 bits per heavy atom. The molecule has 138 valence electrons. The topological polar surface area (TPSA) is 73.9 Å². The van der Waals surface area contributed by atoms with Gasteiger partial charge in [-0.05, 0) is 19.1 Å². The third-order valence-corrected chi connectivity index (χ3v) is 6.28. The van der Waals surface area contributed by atoms with E-state index in [-0.39, 0.29) is 0 Å². The molecule has 0 bridgehead atoms. The van der Waals surface area contributed by atoms with E-state index in [9.17, 15) is 0 Å². The van der Waals surface area contributed by atoms with Crippen molar-refractivity contribution in [3.05, 3.63) is 57.3 Å². The van der Waals surface area contributed by atoms with Gasteiger partial charge in [-0.3, -0.25) is 0 Å². The molecule has 6 nitrogen and oxygen atoms in total. The second-order valence-corrected chi connectivity index (χ2v) is 8.48. The zero-order valence-corrected chi connectivity index (χ0v) is 17.2. The van der Waals surface area contributed by atoms with E-state index in [1.807, 2.05) is 41.9 Å². The van der Waals surface area contributed by atoms with E-state index in [0.29, 0.717) is 23.3 Å². The van der Waals surface area contributed by atoms with E-state index < -0.39 is 0 Å². The quantitative estimate of drug-likeness (QED) is 0.399. The molecule has 0 aliphatic rings. The molecule has 3 aromatic heterocycles. The van der Waals surface area contributed by atoms with Crippen LogP contribution in [0.25, 0.3) is 10.6 Å². The number of para-hydroxylation sites is 1. The maximum absolute atomic E-state index is 5.71. The number of hydrogen-bond donors (Lipinski definition) is 0. The largest absolute Gasteiger partial charge is 0.496 e. The average Bonchev–Trinajstić information content (AvgIpc) is 3.42. The molecule has 0 spiro atoms. The first kappa shape index (κ1) is 18.1. The van der Waals surface area contributed by atoms with E-state index >= 15 is 0 Å². The fourth-order valence-electron chi connectivity index (χ4n) is 2.47. The van der Waals surface area contributed by atoms with Crippen molar-refractivity contribution >= 4 is 34.4 Å². The van der Waals surface area contributed by atoms with Crippen LogP contribution in [0.4, 0.5) is 0 Å². The molecule has 9 heteroatoms. The van der Waals surface area contributed by atoms with Gasteiger partial charge in [0.25, 0.3) is 5.22 Å². The smallest absolute Gasteiger partial charge is 0.276 e. The van der Waals surface area contributed by atoms with E-state index in [4.69, 9.17) is 14.1 Å². The van der Waals surface area contributed by atoms with Crippen LogP contribution in [0.1, 0.15) is 22.3 Å². The van der Waals surface area contributed by atoms with Crippen LogP contribution in [0.3, 0.4) is 0 Å². The SMILES string of the molecule is COc1ccccc1-c1nc(CSc2nnc(Cc3csc(C)n3)o2)cs1. The Morgan fingerprint density at radius 3 is 2.74 bits per heavy atom. The van der Waals surface area contributed by atoms with Gasteiger partial charge in [0.1, 0.15) is 10.8 Å². The molecule has 0 unspecified atom stereocenters. The van der Waals surface area contributed by atoms with Crippen LogP contribution < -0.4 is 4.74 Å². The maximum atomic E-state index is 5.71. The number of ether oxygens (including phenoxy) is 1. The summed E-state index contributed by atoms with van der Waals surface area (Å²) in [6.45, 7) is 1.98. The highest BCUT2D eigenvalue weighted by Crippen LogP contribution is 2.33. The summed E-state index contributed by atoms with van der Waals surface area (Å²) in [5.74, 6) is 2.07. The predicted molar refractivity (Wildman–Crippen MR) is 108 cm³/mol. The first-order chi connectivity index (χ1) is 13.2. The number of aromatic nitrogens is 4. The molecule has 0 fully saturated rings. The summed E-state index contributed by atoms with van der Waals surface area (Å²) >= 11 is 4.70. The van der Waals surface area contributed by atoms with E-state index in [1.165, 1.54) is 11.8 Å². The Morgan fingerprint density at radius 1 is 1.07 bits per heavy atom. The molecule has 0 amide bonds. The summed E-state index contributed by atoms with van der Waals surface area (Å²) in [5.41, 5.74) is 2.93. The minimum atomic E-state index is 0.545. The van der Waals surface area contributed by atoms with Crippen molar-refractivity contribution in [3.8, 4) is 16.3 Å². The molecule has 4 aromatic rings. The highest BCUT2D eigenvalue weighted by molar-refractivity contribution is 7.98. The molecule has 0 saturated carbocycles. The highest BCUT2D eigenvalue weighted by atomic mass is 32.2. The van der Waals surface area contributed by atoms with Gasteiger partial charge in [-0.25, -0.2) is 9.97 Å². The Labute approximate surface area is 168 Å². The maximum Gasteiger partial charge on any atom is 0.276 e. The zero-order valence-electron chi connectivity index (χ0n) is 14.7. The van der Waals surface area contributed by atoms with Crippen LogP contribution in [0.5, 0.6) is 5.75 Å². The molecule has 0 aliphatic carbocycles. The monoisotopic (exact) mass is 416 g/mol. The first-order valence-corrected chi connectivity index (χ1v) is 10.9. The van der Waals surface area contributed by atoms with E-state index in [1.54, 1.807) is 29.8 Å². The average molecular weight is 417 g/mol. The first-order valence-electron chi connectivity index (χ1n) is 8.15. The lowest BCUT2D eigenvalue weighted by Crippen LogP contribution is -1.88. The van der Waals surface area contributed by atoms with Crippen LogP contribution in [-0.4, -0.2) is 27.3 Å². The van der Waals surface area contributed by atoms with Crippen LogP contribution in [0, 0.1) is 6.92 Å². The summed E-state index contributed by atoms with van der Waals surface area (Å²) < 4.78 is 11.1. The van der Waals surface area contributed by atoms with Crippen LogP contribution in [0.2, 0.25) is 0 Å². The number of methoxy groups -OCH3 is 1. The second kappa shape index (κ2) is 8.20. The van der Waals surface area contributed by atoms with E-state index in [0.717, 1.165) is 32.7 Å². The molecule has 0 atom stereocenters. The summed E-state index contributed by atoms with van der Waals surface area (Å²) in [5, 5.41) is 14.8. The highest BCUT2D eigenvalue weighted by Gasteiger charge is 2.13. The van der Waals surface area contributed by atoms with Crippen molar-refractivity contribution in [3.63, 3.8) is 0 Å². The third kappa shape index (κ3) is 4.37. The lowest BCUT2D eigenvalue weighted by atomic mass is 10.2. The molecule has 4 rings (SSSR count). The Hall–Kier alpha value is -2.23. The van der Waals surface area contributed by atoms with Crippen molar-refractivity contribution in [2.75, 3.05) is 7.11 Å². The summed E-state index contributed by atoms with van der Waals surface area (Å²) in [6, 6.07) is 7.89. The molecule has 1 aromatic carbocycles. The van der Waals surface area contributed by atoms with Crippen LogP contribution in [-0.2, 0) is 12.2 Å². The van der Waals surface area contributed by atoms with Gasteiger partial charge in [-0.1, -0.05) is 23.9 Å². The van der Waals surface area contributed by atoms with Gasteiger partial charge in [0, 0.05) is 16.5 Å². The van der Waals surface area contributed by atoms with Crippen molar-refractivity contribution in [2.24, 2.45) is 0 Å². The molecule has 0 N–H and O–H groups in total. The Bertz CT molecular complexity index is 1040. The lowest BCUT2D eigenvalue weighted by Gasteiger charge is -2.04. The molecule has 0 saturated heterocycles. The minimum Gasteiger partial charge on any atom is -0.496 e. The van der Waals surface area contributed by atoms with Gasteiger partial charge in [0.15, 0.2) is 0 Å². The van der Waals surface area contributed by atoms with Gasteiger partial charge in [-0.15, -0.1) is 32.9 Å². The van der Waals surface area contributed by atoms with Gasteiger partial charge in [0.05, 0.1) is 35.5 Å². The second-order valence-electron chi connectivity index (χ2n) is 5.63. The van der Waals surface area contributed by atoms with E-state index in [2.05, 4.69) is 15.2 Å². The molecular weight excluding hydrogens is 400 g/mol. The normalized spacial score (nSPS) is 11.0. The van der Waals surface area contributed by atoms with Crippen LogP contribution >= 0.6 is 34.4 Å². The van der Waals surface area contributed by atoms with Crippen molar-refractivity contribution < 1.29 is 9.15 Å². The number of thioether (sulfide) groups is 1. The number of aryl methyl sites for hydroxylation is 1. The Balaban J connectivity index is 1.39. The zero-order chi connectivity index (χ0) is 18.6. The van der Waals surface area contributed by atoms with Gasteiger partial charge < -0.3 is 9.15 Å². The predicted octanol–water partition coefficient (Wildman–Crippen LogP) is 4.85. The molecular formula is C18H16N4O2S3. The number of benzene rings is 1. The molecule has 0 radical (unpaired) electrons. The Kier molecular flexibility index (Phi) is 5.51. The number of nitrogens with zero attached hydrogens (tertiary/aromatic N) is 4. The minimum absolute atomic E-state index is 0.545. The summed E-state index contributed by atoms with van der Waals surface area (Å²) in [7, 11) is 1.67. The lowest BCUT2D eigenvalue weighted by molar-refractivity contribution is 0.416. The number of hydrogen-bond acceptors (Lipinski definition) is 9. The fourth-order valence-corrected chi connectivity index (χ4v) is 4.71. The molecule has 0 aliphatic heterocycles. The van der Waals surface area contributed by atoms with Crippen molar-refractivity contribution in [1.29, 1.82) is 0 Å². The van der Waals surface area contributed by atoms with Gasteiger partial charge in [0.2, 0.25) is 5.89 Å². The van der Waals surface area contributed by atoms with Gasteiger partial charge in [-0.2, -0.15) is 0 Å². The van der Waals surface area contributed by atoms with Crippen molar-refractivity contribution in [2.45, 2.75) is 24.3 Å². The van der Waals surface area contributed by atoms with Gasteiger partial charge >= 0.3 is 0 Å². The standard InChI is InChI=1S/C18H16N4O2S3/c1-11-19-12(8-25-11)7-16-21-22-18(24-16)27-10-13-9-26-17(20-13)14-5-3-4-6-15(14)23-2/h3-6,8-9H,7,10H2,1-2H3. The number of thiazole rings is 2. The number of rotatable bonds is 7.